The van der Waals surface area contributed by atoms with Crippen LogP contribution in [0.25, 0.3) is 0 Å². The van der Waals surface area contributed by atoms with Crippen molar-refractivity contribution in [1.29, 1.82) is 0 Å². The van der Waals surface area contributed by atoms with E-state index in [-0.39, 0.29) is 0 Å². The van der Waals surface area contributed by atoms with Crippen LogP contribution in [0, 0.1) is 6.92 Å². The molecule has 2 rings (SSSR count). The lowest BCUT2D eigenvalue weighted by Crippen LogP contribution is -2.45. The van der Waals surface area contributed by atoms with Crippen LogP contribution in [0.3, 0.4) is 0 Å². The summed E-state index contributed by atoms with van der Waals surface area (Å²) in [5.74, 6) is 0. The van der Waals surface area contributed by atoms with Crippen LogP contribution in [0.4, 0.5) is 0 Å². The third-order valence-electron chi connectivity index (χ3n) is 3.92. The number of likely N-dealkylation sites (tertiary alicyclic amines) is 1. The summed E-state index contributed by atoms with van der Waals surface area (Å²) in [6.45, 7) is 11.4. The Bertz CT molecular complexity index is 367. The summed E-state index contributed by atoms with van der Waals surface area (Å²) in [6.07, 6.45) is 2.53. The summed E-state index contributed by atoms with van der Waals surface area (Å²) in [7, 11) is 0. The normalized spacial score (nSPS) is 20.5. The maximum atomic E-state index is 4.34. The molecule has 18 heavy (non-hydrogen) atoms. The Hall–Kier alpha value is -0.450. The zero-order valence-electron chi connectivity index (χ0n) is 11.9. The molecule has 3 nitrogen and oxygen atoms in total. The Morgan fingerprint density at radius 2 is 2.00 bits per heavy atom. The van der Waals surface area contributed by atoms with Gasteiger partial charge in [0.15, 0.2) is 0 Å². The van der Waals surface area contributed by atoms with Gasteiger partial charge in [-0.25, -0.2) is 4.98 Å². The number of piperidine rings is 1. The molecule has 1 aliphatic rings. The molecule has 1 N–H and O–H groups in total. The van der Waals surface area contributed by atoms with E-state index in [0.29, 0.717) is 18.1 Å². The molecule has 1 fully saturated rings. The van der Waals surface area contributed by atoms with E-state index >= 15 is 0 Å². The van der Waals surface area contributed by atoms with Gasteiger partial charge < -0.3 is 10.2 Å². The fourth-order valence-electron chi connectivity index (χ4n) is 2.74. The molecule has 0 bridgehead atoms. The predicted molar refractivity (Wildman–Crippen MR) is 78.1 cm³/mol. The second kappa shape index (κ2) is 6.13. The molecule has 0 aromatic carbocycles. The topological polar surface area (TPSA) is 28.2 Å². The second-order valence-electron chi connectivity index (χ2n) is 5.59. The number of rotatable bonds is 4. The minimum atomic E-state index is 0.438. The van der Waals surface area contributed by atoms with E-state index in [0.717, 1.165) is 0 Å². The molecule has 0 aliphatic carbocycles. The molecular weight excluding hydrogens is 242 g/mol. The van der Waals surface area contributed by atoms with Gasteiger partial charge in [0.05, 0.1) is 11.2 Å². The van der Waals surface area contributed by atoms with E-state index in [1.54, 1.807) is 11.3 Å². The van der Waals surface area contributed by atoms with Gasteiger partial charge in [-0.3, -0.25) is 0 Å². The van der Waals surface area contributed by atoms with Crippen molar-refractivity contribution in [2.75, 3.05) is 13.1 Å². The molecule has 1 saturated heterocycles. The third kappa shape index (κ3) is 3.31. The lowest BCUT2D eigenvalue weighted by Gasteiger charge is -2.36. The number of hydrogen-bond acceptors (Lipinski definition) is 4. The Kier molecular flexibility index (Phi) is 4.76. The fourth-order valence-corrected chi connectivity index (χ4v) is 3.56. The van der Waals surface area contributed by atoms with E-state index in [4.69, 9.17) is 0 Å². The summed E-state index contributed by atoms with van der Waals surface area (Å²) in [6, 6.07) is 1.79. The van der Waals surface area contributed by atoms with Gasteiger partial charge in [-0.1, -0.05) is 0 Å². The van der Waals surface area contributed by atoms with Crippen LogP contribution in [-0.4, -0.2) is 35.1 Å². The molecule has 1 atom stereocenters. The van der Waals surface area contributed by atoms with E-state index in [9.17, 15) is 0 Å². The molecule has 102 valence electrons. The molecule has 2 heterocycles. The van der Waals surface area contributed by atoms with Crippen molar-refractivity contribution in [3.8, 4) is 0 Å². The van der Waals surface area contributed by atoms with E-state index in [1.165, 1.54) is 36.5 Å². The van der Waals surface area contributed by atoms with Crippen molar-refractivity contribution in [3.05, 3.63) is 16.1 Å². The van der Waals surface area contributed by atoms with Crippen LogP contribution in [-0.2, 0) is 0 Å². The first-order chi connectivity index (χ1) is 8.58. The highest BCUT2D eigenvalue weighted by molar-refractivity contribution is 7.09. The van der Waals surface area contributed by atoms with Gasteiger partial charge in [0, 0.05) is 23.0 Å². The van der Waals surface area contributed by atoms with Gasteiger partial charge >= 0.3 is 0 Å². The monoisotopic (exact) mass is 267 g/mol. The first kappa shape index (κ1) is 14.0. The van der Waals surface area contributed by atoms with E-state index in [2.05, 4.69) is 42.9 Å². The lowest BCUT2D eigenvalue weighted by molar-refractivity contribution is 0.157. The van der Waals surface area contributed by atoms with Crippen LogP contribution in [0.2, 0.25) is 0 Å². The lowest BCUT2D eigenvalue weighted by atomic mass is 10.0. The Labute approximate surface area is 115 Å². The zero-order chi connectivity index (χ0) is 13.1. The van der Waals surface area contributed by atoms with Crippen LogP contribution in [0.15, 0.2) is 5.51 Å². The summed E-state index contributed by atoms with van der Waals surface area (Å²) in [5.41, 5.74) is 3.13. The molecule has 1 aromatic rings. The number of nitrogens with zero attached hydrogens (tertiary/aromatic N) is 2. The largest absolute Gasteiger partial charge is 0.307 e. The van der Waals surface area contributed by atoms with Gasteiger partial charge in [-0.2, -0.15) is 0 Å². The van der Waals surface area contributed by atoms with Crippen molar-refractivity contribution in [2.24, 2.45) is 0 Å². The highest BCUT2D eigenvalue weighted by Gasteiger charge is 2.22. The highest BCUT2D eigenvalue weighted by atomic mass is 32.1. The first-order valence-electron chi connectivity index (χ1n) is 6.98. The number of nitrogens with one attached hydrogen (secondary N) is 1. The maximum absolute atomic E-state index is 4.34. The number of aromatic nitrogens is 1. The van der Waals surface area contributed by atoms with Gasteiger partial charge in [0.1, 0.15) is 0 Å². The van der Waals surface area contributed by atoms with Crippen LogP contribution >= 0.6 is 11.3 Å². The number of hydrogen-bond donors (Lipinski definition) is 1. The molecule has 0 spiro atoms. The molecule has 0 radical (unpaired) electrons. The Morgan fingerprint density at radius 1 is 1.33 bits per heavy atom. The molecule has 1 aliphatic heterocycles. The Morgan fingerprint density at radius 3 is 2.50 bits per heavy atom. The average Bonchev–Trinajstić information content (AvgIpc) is 2.76. The van der Waals surface area contributed by atoms with Crippen LogP contribution in [0.5, 0.6) is 0 Å². The summed E-state index contributed by atoms with van der Waals surface area (Å²) < 4.78 is 0. The molecule has 0 amide bonds. The number of thiazole rings is 1. The quantitative estimate of drug-likeness (QED) is 0.909. The van der Waals surface area contributed by atoms with Gasteiger partial charge in [-0.15, -0.1) is 11.3 Å². The summed E-state index contributed by atoms with van der Waals surface area (Å²) in [5, 5.41) is 3.77. The second-order valence-corrected chi connectivity index (χ2v) is 6.48. The fraction of sp³-hybridized carbons (Fsp3) is 0.786. The SMILES string of the molecule is Cc1ncsc1C(C)NC1CCN(C(C)C)CC1. The molecule has 4 heteroatoms. The van der Waals surface area contributed by atoms with Crippen LogP contribution in [0.1, 0.15) is 50.2 Å². The van der Waals surface area contributed by atoms with Gasteiger partial charge in [0.25, 0.3) is 0 Å². The zero-order valence-corrected chi connectivity index (χ0v) is 12.8. The molecule has 0 saturated carbocycles. The van der Waals surface area contributed by atoms with Crippen molar-refractivity contribution >= 4 is 11.3 Å². The summed E-state index contributed by atoms with van der Waals surface area (Å²) in [4.78, 5) is 8.30. The number of aryl methyl sites for hydroxylation is 1. The smallest absolute Gasteiger partial charge is 0.0798 e. The van der Waals surface area contributed by atoms with E-state index in [1.807, 2.05) is 5.51 Å². The average molecular weight is 267 g/mol. The minimum absolute atomic E-state index is 0.438. The van der Waals surface area contributed by atoms with Crippen LogP contribution < -0.4 is 5.32 Å². The van der Waals surface area contributed by atoms with Crippen molar-refractivity contribution < 1.29 is 0 Å². The van der Waals surface area contributed by atoms with Crippen molar-refractivity contribution in [3.63, 3.8) is 0 Å². The molecular formula is C14H25N3S. The molecule has 1 aromatic heterocycles. The molecule has 1 unspecified atom stereocenters. The maximum Gasteiger partial charge on any atom is 0.0798 e. The van der Waals surface area contributed by atoms with E-state index < -0.39 is 0 Å². The Balaban J connectivity index is 1.83. The first-order valence-corrected chi connectivity index (χ1v) is 7.86. The third-order valence-corrected chi connectivity index (χ3v) is 5.04. The van der Waals surface area contributed by atoms with Gasteiger partial charge in [-0.05, 0) is 53.6 Å². The standard InChI is InChI=1S/C14H25N3S/c1-10(2)17-7-5-13(6-8-17)16-12(4)14-11(3)15-9-18-14/h9-10,12-13,16H,5-8H2,1-4H3. The van der Waals surface area contributed by atoms with Gasteiger partial charge in [0.2, 0.25) is 0 Å². The summed E-state index contributed by atoms with van der Waals surface area (Å²) >= 11 is 1.77. The minimum Gasteiger partial charge on any atom is -0.307 e. The predicted octanol–water partition coefficient (Wildman–Crippen LogP) is 2.97. The van der Waals surface area contributed by atoms with Crippen molar-refractivity contribution in [2.45, 2.75) is 58.7 Å². The van der Waals surface area contributed by atoms with Crippen molar-refractivity contribution in [1.82, 2.24) is 15.2 Å². The highest BCUT2D eigenvalue weighted by Crippen LogP contribution is 2.23.